The van der Waals surface area contributed by atoms with Gasteiger partial charge in [-0.3, -0.25) is 4.98 Å². The predicted octanol–water partition coefficient (Wildman–Crippen LogP) is 4.34. The van der Waals surface area contributed by atoms with Gasteiger partial charge >= 0.3 is 5.97 Å². The maximum absolute atomic E-state index is 12.0. The van der Waals surface area contributed by atoms with E-state index in [9.17, 15) is 4.79 Å². The van der Waals surface area contributed by atoms with Crippen LogP contribution in [0.25, 0.3) is 22.0 Å². The second-order valence-corrected chi connectivity index (χ2v) is 5.03. The smallest absolute Gasteiger partial charge is 0.338 e. The monoisotopic (exact) mass is 297 g/mol. The average molecular weight is 298 g/mol. The Morgan fingerprint density at radius 2 is 1.90 bits per heavy atom. The molecule has 0 bridgehead atoms. The molecule has 3 rings (SSSR count). The fourth-order valence-electron chi connectivity index (χ4n) is 2.27. The lowest BCUT2D eigenvalue weighted by Crippen LogP contribution is -2.04. The lowest BCUT2D eigenvalue weighted by molar-refractivity contribution is 0.0602. The van der Waals surface area contributed by atoms with E-state index in [1.165, 1.54) is 7.11 Å². The van der Waals surface area contributed by atoms with Crippen molar-refractivity contribution >= 4 is 28.5 Å². The lowest BCUT2D eigenvalue weighted by atomic mass is 9.97. The molecule has 0 unspecified atom stereocenters. The first kappa shape index (κ1) is 13.6. The normalized spacial score (nSPS) is 10.6. The fourth-order valence-corrected chi connectivity index (χ4v) is 2.39. The first-order valence-electron chi connectivity index (χ1n) is 6.42. The first-order valence-corrected chi connectivity index (χ1v) is 6.80. The van der Waals surface area contributed by atoms with E-state index in [-0.39, 0.29) is 5.97 Å². The molecule has 1 aromatic heterocycles. The molecular weight excluding hydrogens is 286 g/mol. The lowest BCUT2D eigenvalue weighted by Gasteiger charge is -2.10. The van der Waals surface area contributed by atoms with Crippen molar-refractivity contribution in [3.63, 3.8) is 0 Å². The summed E-state index contributed by atoms with van der Waals surface area (Å²) >= 11 is 5.92. The van der Waals surface area contributed by atoms with Crippen LogP contribution in [0.1, 0.15) is 10.4 Å². The number of pyridine rings is 1. The molecule has 0 saturated heterocycles. The van der Waals surface area contributed by atoms with Crippen LogP contribution in [0.3, 0.4) is 0 Å². The molecule has 0 aliphatic heterocycles. The highest BCUT2D eigenvalue weighted by Crippen LogP contribution is 2.29. The Balaban J connectivity index is 2.27. The zero-order valence-electron chi connectivity index (χ0n) is 11.3. The first-order chi connectivity index (χ1) is 10.2. The van der Waals surface area contributed by atoms with Crippen LogP contribution in [-0.4, -0.2) is 18.1 Å². The van der Waals surface area contributed by atoms with Crippen molar-refractivity contribution in [3.05, 3.63) is 65.3 Å². The Labute approximate surface area is 127 Å². The number of carbonyl (C=O) groups is 1. The van der Waals surface area contributed by atoms with Gasteiger partial charge in [-0.1, -0.05) is 29.8 Å². The summed E-state index contributed by atoms with van der Waals surface area (Å²) in [5, 5.41) is 1.62. The van der Waals surface area contributed by atoms with Crippen molar-refractivity contribution in [1.29, 1.82) is 0 Å². The van der Waals surface area contributed by atoms with E-state index in [0.717, 1.165) is 22.0 Å². The standard InChI is InChI=1S/C17H12ClNO2/c1-21-17(20)15-10-16-12(3-2-8-19-16)9-14(15)11-4-6-13(18)7-5-11/h2-10H,1H3. The maximum Gasteiger partial charge on any atom is 0.338 e. The molecule has 0 radical (unpaired) electrons. The molecule has 2 aromatic carbocycles. The van der Waals surface area contributed by atoms with Gasteiger partial charge in [0, 0.05) is 16.6 Å². The molecule has 1 heterocycles. The van der Waals surface area contributed by atoms with Gasteiger partial charge in [0.25, 0.3) is 0 Å². The molecule has 3 aromatic rings. The summed E-state index contributed by atoms with van der Waals surface area (Å²) < 4.78 is 4.88. The number of benzene rings is 2. The Hall–Kier alpha value is -2.39. The number of esters is 1. The van der Waals surface area contributed by atoms with Gasteiger partial charge in [0.15, 0.2) is 0 Å². The van der Waals surface area contributed by atoms with E-state index in [1.54, 1.807) is 24.4 Å². The predicted molar refractivity (Wildman–Crippen MR) is 83.5 cm³/mol. The maximum atomic E-state index is 12.0. The molecular formula is C17H12ClNO2. The number of halogens is 1. The van der Waals surface area contributed by atoms with Crippen LogP contribution in [0.2, 0.25) is 5.02 Å². The molecule has 0 aliphatic carbocycles. The number of rotatable bonds is 2. The van der Waals surface area contributed by atoms with Crippen LogP contribution in [0.4, 0.5) is 0 Å². The Morgan fingerprint density at radius 3 is 2.62 bits per heavy atom. The SMILES string of the molecule is COC(=O)c1cc2ncccc2cc1-c1ccc(Cl)cc1. The van der Waals surface area contributed by atoms with E-state index in [1.807, 2.05) is 30.3 Å². The zero-order chi connectivity index (χ0) is 14.8. The molecule has 0 saturated carbocycles. The van der Waals surface area contributed by atoms with Crippen LogP contribution in [0, 0.1) is 0 Å². The van der Waals surface area contributed by atoms with E-state index in [4.69, 9.17) is 16.3 Å². The summed E-state index contributed by atoms with van der Waals surface area (Å²) in [7, 11) is 1.37. The molecule has 104 valence electrons. The molecule has 0 spiro atoms. The summed E-state index contributed by atoms with van der Waals surface area (Å²) in [5.41, 5.74) is 2.96. The van der Waals surface area contributed by atoms with Gasteiger partial charge in [-0.05, 0) is 41.5 Å². The molecule has 3 nitrogen and oxygen atoms in total. The minimum absolute atomic E-state index is 0.382. The van der Waals surface area contributed by atoms with Crippen molar-refractivity contribution in [1.82, 2.24) is 4.98 Å². The number of aromatic nitrogens is 1. The molecule has 4 heteroatoms. The van der Waals surface area contributed by atoms with Gasteiger partial charge in [-0.2, -0.15) is 0 Å². The zero-order valence-corrected chi connectivity index (χ0v) is 12.1. The minimum atomic E-state index is -0.382. The highest BCUT2D eigenvalue weighted by atomic mass is 35.5. The number of fused-ring (bicyclic) bond motifs is 1. The van der Waals surface area contributed by atoms with Crippen molar-refractivity contribution in [2.75, 3.05) is 7.11 Å². The van der Waals surface area contributed by atoms with Gasteiger partial charge in [0.1, 0.15) is 0 Å². The van der Waals surface area contributed by atoms with Crippen LogP contribution < -0.4 is 0 Å². The van der Waals surface area contributed by atoms with Crippen molar-refractivity contribution in [2.24, 2.45) is 0 Å². The van der Waals surface area contributed by atoms with Crippen molar-refractivity contribution in [3.8, 4) is 11.1 Å². The number of methoxy groups -OCH3 is 1. The Morgan fingerprint density at radius 1 is 1.14 bits per heavy atom. The molecule has 0 amide bonds. The van der Waals surface area contributed by atoms with Crippen LogP contribution in [0.5, 0.6) is 0 Å². The fraction of sp³-hybridized carbons (Fsp3) is 0.0588. The highest BCUT2D eigenvalue weighted by Gasteiger charge is 2.15. The largest absolute Gasteiger partial charge is 0.465 e. The third kappa shape index (κ3) is 2.60. The summed E-state index contributed by atoms with van der Waals surface area (Å²) in [6.07, 6.45) is 1.70. The molecule has 0 atom stereocenters. The second kappa shape index (κ2) is 5.54. The van der Waals surface area contributed by atoms with E-state index < -0.39 is 0 Å². The number of nitrogens with zero attached hydrogens (tertiary/aromatic N) is 1. The minimum Gasteiger partial charge on any atom is -0.465 e. The van der Waals surface area contributed by atoms with Gasteiger partial charge in [0.05, 0.1) is 18.2 Å². The number of hydrogen-bond donors (Lipinski definition) is 0. The molecule has 0 aliphatic rings. The van der Waals surface area contributed by atoms with Gasteiger partial charge < -0.3 is 4.74 Å². The molecule has 0 N–H and O–H groups in total. The summed E-state index contributed by atoms with van der Waals surface area (Å²) in [6, 6.07) is 14.9. The van der Waals surface area contributed by atoms with Gasteiger partial charge in [0.2, 0.25) is 0 Å². The second-order valence-electron chi connectivity index (χ2n) is 4.59. The third-order valence-corrected chi connectivity index (χ3v) is 3.55. The van der Waals surface area contributed by atoms with E-state index in [0.29, 0.717) is 10.6 Å². The van der Waals surface area contributed by atoms with Crippen LogP contribution in [0.15, 0.2) is 54.7 Å². The quantitative estimate of drug-likeness (QED) is 0.660. The summed E-state index contributed by atoms with van der Waals surface area (Å²) in [5.74, 6) is -0.382. The van der Waals surface area contributed by atoms with E-state index in [2.05, 4.69) is 4.98 Å². The number of hydrogen-bond acceptors (Lipinski definition) is 3. The van der Waals surface area contributed by atoms with Gasteiger partial charge in [-0.25, -0.2) is 4.79 Å². The summed E-state index contributed by atoms with van der Waals surface area (Å²) in [6.45, 7) is 0. The Kier molecular flexibility index (Phi) is 3.59. The van der Waals surface area contributed by atoms with Gasteiger partial charge in [-0.15, -0.1) is 0 Å². The average Bonchev–Trinajstić information content (AvgIpc) is 2.53. The van der Waals surface area contributed by atoms with E-state index >= 15 is 0 Å². The summed E-state index contributed by atoms with van der Waals surface area (Å²) in [4.78, 5) is 16.3. The highest BCUT2D eigenvalue weighted by molar-refractivity contribution is 6.30. The van der Waals surface area contributed by atoms with Crippen molar-refractivity contribution in [2.45, 2.75) is 0 Å². The third-order valence-electron chi connectivity index (χ3n) is 3.30. The number of ether oxygens (including phenoxy) is 1. The van der Waals surface area contributed by atoms with Crippen LogP contribution >= 0.6 is 11.6 Å². The molecule has 21 heavy (non-hydrogen) atoms. The topological polar surface area (TPSA) is 39.2 Å². The molecule has 0 fully saturated rings. The van der Waals surface area contributed by atoms with Crippen molar-refractivity contribution < 1.29 is 9.53 Å². The van der Waals surface area contributed by atoms with Crippen LogP contribution in [-0.2, 0) is 4.74 Å². The Bertz CT molecular complexity index is 813. The number of carbonyl (C=O) groups excluding carboxylic acids is 1.